The molecule has 1 heterocycles. The SMILES string of the molecule is CC(=O)OC(CCl)COc1c(Cl)cc(C(C)(C)c2ccc(OC[C@@H](CN3CCOCC3)OC(C)=O)cc2)cc1Cl. The first-order valence-electron chi connectivity index (χ1n) is 13.1. The van der Waals surface area contributed by atoms with Crippen molar-refractivity contribution >= 4 is 46.7 Å². The maximum atomic E-state index is 11.6. The van der Waals surface area contributed by atoms with E-state index in [1.807, 2.05) is 36.4 Å². The molecule has 8 nitrogen and oxygen atoms in total. The summed E-state index contributed by atoms with van der Waals surface area (Å²) in [6.45, 7) is 10.6. The average Bonchev–Trinajstić information content (AvgIpc) is 2.90. The minimum absolute atomic E-state index is 0.0253. The highest BCUT2D eigenvalue weighted by molar-refractivity contribution is 6.37. The zero-order valence-corrected chi connectivity index (χ0v) is 25.5. The summed E-state index contributed by atoms with van der Waals surface area (Å²) in [5.74, 6) is 0.263. The summed E-state index contributed by atoms with van der Waals surface area (Å²) < 4.78 is 27.7. The number of alkyl halides is 1. The molecule has 3 rings (SSSR count). The molecule has 1 unspecified atom stereocenters. The normalized spacial score (nSPS) is 15.7. The zero-order valence-electron chi connectivity index (χ0n) is 23.2. The molecule has 1 aliphatic rings. The molecule has 0 aliphatic carbocycles. The molecule has 220 valence electrons. The maximum Gasteiger partial charge on any atom is 0.303 e. The van der Waals surface area contributed by atoms with E-state index in [1.165, 1.54) is 13.8 Å². The Labute approximate surface area is 250 Å². The minimum Gasteiger partial charge on any atom is -0.490 e. The molecule has 0 N–H and O–H groups in total. The van der Waals surface area contributed by atoms with Crippen LogP contribution in [0.4, 0.5) is 0 Å². The monoisotopic (exact) mass is 615 g/mol. The van der Waals surface area contributed by atoms with Crippen LogP contribution in [-0.4, -0.2) is 81.0 Å². The van der Waals surface area contributed by atoms with Gasteiger partial charge < -0.3 is 23.7 Å². The zero-order chi connectivity index (χ0) is 29.3. The largest absolute Gasteiger partial charge is 0.490 e. The van der Waals surface area contributed by atoms with Gasteiger partial charge in [-0.15, -0.1) is 11.6 Å². The number of benzene rings is 2. The molecule has 0 spiro atoms. The van der Waals surface area contributed by atoms with Crippen LogP contribution in [0.1, 0.15) is 38.8 Å². The Morgan fingerprint density at radius 1 is 0.900 bits per heavy atom. The first-order chi connectivity index (χ1) is 19.0. The van der Waals surface area contributed by atoms with Crippen LogP contribution < -0.4 is 9.47 Å². The van der Waals surface area contributed by atoms with Crippen LogP contribution in [0, 0.1) is 0 Å². The Bertz CT molecular complexity index is 1110. The van der Waals surface area contributed by atoms with E-state index in [0.717, 1.165) is 24.2 Å². The van der Waals surface area contributed by atoms with Gasteiger partial charge in [-0.3, -0.25) is 14.5 Å². The Morgan fingerprint density at radius 2 is 1.45 bits per heavy atom. The van der Waals surface area contributed by atoms with Crippen LogP contribution in [-0.2, 0) is 29.2 Å². The van der Waals surface area contributed by atoms with Crippen molar-refractivity contribution in [1.82, 2.24) is 4.90 Å². The van der Waals surface area contributed by atoms with E-state index in [0.29, 0.717) is 41.3 Å². The third kappa shape index (κ3) is 9.42. The third-order valence-corrected chi connectivity index (χ3v) is 7.45. The number of ether oxygens (including phenoxy) is 5. The quantitative estimate of drug-likeness (QED) is 0.215. The molecule has 0 radical (unpaired) electrons. The summed E-state index contributed by atoms with van der Waals surface area (Å²) in [5.41, 5.74) is 1.46. The van der Waals surface area contributed by atoms with Crippen molar-refractivity contribution in [3.05, 3.63) is 57.6 Å². The Hall–Kier alpha value is -2.23. The highest BCUT2D eigenvalue weighted by Crippen LogP contribution is 2.40. The average molecular weight is 617 g/mol. The smallest absolute Gasteiger partial charge is 0.303 e. The van der Waals surface area contributed by atoms with E-state index in [9.17, 15) is 9.59 Å². The van der Waals surface area contributed by atoms with Crippen LogP contribution in [0.15, 0.2) is 36.4 Å². The molecule has 40 heavy (non-hydrogen) atoms. The van der Waals surface area contributed by atoms with Crippen molar-refractivity contribution < 1.29 is 33.3 Å². The van der Waals surface area contributed by atoms with Crippen molar-refractivity contribution in [2.75, 3.05) is 51.9 Å². The first kappa shape index (κ1) is 32.3. The van der Waals surface area contributed by atoms with Crippen molar-refractivity contribution in [2.45, 2.75) is 45.3 Å². The van der Waals surface area contributed by atoms with Crippen LogP contribution >= 0.6 is 34.8 Å². The molecule has 0 amide bonds. The van der Waals surface area contributed by atoms with E-state index < -0.39 is 17.5 Å². The molecular weight excluding hydrogens is 581 g/mol. The topological polar surface area (TPSA) is 83.5 Å². The van der Waals surface area contributed by atoms with Crippen molar-refractivity contribution in [3.8, 4) is 11.5 Å². The second-order valence-corrected chi connectivity index (χ2v) is 11.2. The van der Waals surface area contributed by atoms with Gasteiger partial charge in [0.15, 0.2) is 5.75 Å². The van der Waals surface area contributed by atoms with Crippen LogP contribution in [0.25, 0.3) is 0 Å². The Balaban J connectivity index is 1.66. The molecule has 2 atom stereocenters. The number of nitrogens with zero attached hydrogens (tertiary/aromatic N) is 1. The van der Waals surface area contributed by atoms with Gasteiger partial charge in [-0.25, -0.2) is 0 Å². The van der Waals surface area contributed by atoms with Crippen LogP contribution in [0.3, 0.4) is 0 Å². The van der Waals surface area contributed by atoms with E-state index in [-0.39, 0.29) is 31.2 Å². The highest BCUT2D eigenvalue weighted by Gasteiger charge is 2.26. The van der Waals surface area contributed by atoms with Gasteiger partial charge in [0.1, 0.15) is 31.2 Å². The number of rotatable bonds is 13. The molecule has 1 aliphatic heterocycles. The minimum atomic E-state index is -0.619. The van der Waals surface area contributed by atoms with Gasteiger partial charge in [-0.1, -0.05) is 49.2 Å². The molecule has 0 saturated carbocycles. The lowest BCUT2D eigenvalue weighted by atomic mass is 9.78. The number of carbonyl (C=O) groups is 2. The van der Waals surface area contributed by atoms with Crippen molar-refractivity contribution in [1.29, 1.82) is 0 Å². The summed E-state index contributed by atoms with van der Waals surface area (Å²) in [4.78, 5) is 25.0. The van der Waals surface area contributed by atoms with E-state index in [4.69, 9.17) is 58.5 Å². The van der Waals surface area contributed by atoms with Gasteiger partial charge in [0.05, 0.1) is 29.1 Å². The fraction of sp³-hybridized carbons (Fsp3) is 0.517. The predicted octanol–water partition coefficient (Wildman–Crippen LogP) is 5.51. The third-order valence-electron chi connectivity index (χ3n) is 6.55. The van der Waals surface area contributed by atoms with E-state index in [1.54, 1.807) is 0 Å². The summed E-state index contributed by atoms with van der Waals surface area (Å²) in [6, 6.07) is 11.4. The van der Waals surface area contributed by atoms with Gasteiger partial charge in [-0.05, 0) is 35.4 Å². The van der Waals surface area contributed by atoms with E-state index >= 15 is 0 Å². The molecule has 11 heteroatoms. The molecular formula is C29H36Cl3NO7. The van der Waals surface area contributed by atoms with Gasteiger partial charge in [-0.2, -0.15) is 0 Å². The Morgan fingerprint density at radius 3 is 2.00 bits per heavy atom. The summed E-state index contributed by atoms with van der Waals surface area (Å²) in [5, 5.41) is 0.673. The lowest BCUT2D eigenvalue weighted by molar-refractivity contribution is -0.149. The van der Waals surface area contributed by atoms with Gasteiger partial charge >= 0.3 is 11.9 Å². The van der Waals surface area contributed by atoms with Crippen molar-refractivity contribution in [3.63, 3.8) is 0 Å². The van der Waals surface area contributed by atoms with Gasteiger partial charge in [0, 0.05) is 38.9 Å². The summed E-state index contributed by atoms with van der Waals surface area (Å²) in [6.07, 6.45) is -1.00. The highest BCUT2D eigenvalue weighted by atomic mass is 35.5. The second-order valence-electron chi connectivity index (χ2n) is 10.1. The van der Waals surface area contributed by atoms with E-state index in [2.05, 4.69) is 18.7 Å². The number of esters is 2. The summed E-state index contributed by atoms with van der Waals surface area (Å²) in [7, 11) is 0. The molecule has 2 aromatic rings. The molecule has 0 bridgehead atoms. The summed E-state index contributed by atoms with van der Waals surface area (Å²) >= 11 is 19.0. The van der Waals surface area contributed by atoms with Crippen molar-refractivity contribution in [2.24, 2.45) is 0 Å². The fourth-order valence-corrected chi connectivity index (χ4v) is 5.08. The molecule has 0 aromatic heterocycles. The van der Waals surface area contributed by atoms with Crippen LogP contribution in [0.5, 0.6) is 11.5 Å². The number of halogens is 3. The molecule has 1 fully saturated rings. The second kappa shape index (κ2) is 15.1. The first-order valence-corrected chi connectivity index (χ1v) is 14.3. The lowest BCUT2D eigenvalue weighted by Crippen LogP contribution is -2.43. The Kier molecular flexibility index (Phi) is 12.2. The fourth-order valence-electron chi connectivity index (χ4n) is 4.33. The molecule has 2 aromatic carbocycles. The number of hydrogen-bond donors (Lipinski definition) is 0. The van der Waals surface area contributed by atoms with Crippen LogP contribution in [0.2, 0.25) is 10.0 Å². The standard InChI is InChI=1S/C29H36Cl3NO7/c1-19(34)39-24(15-30)17-38-28-26(31)13-22(14-27(28)32)29(3,4)21-5-7-23(8-6-21)37-18-25(40-20(2)35)16-33-9-11-36-12-10-33/h5-8,13-14,24-25H,9-12,15-18H2,1-4H3/t24?,25-/m1/s1. The number of carbonyl (C=O) groups excluding carboxylic acids is 2. The number of hydrogen-bond acceptors (Lipinski definition) is 8. The maximum absolute atomic E-state index is 11.6. The predicted molar refractivity (Wildman–Crippen MR) is 155 cm³/mol. The van der Waals surface area contributed by atoms with Gasteiger partial charge in [0.2, 0.25) is 0 Å². The molecule has 1 saturated heterocycles. The number of morpholine rings is 1. The lowest BCUT2D eigenvalue weighted by Gasteiger charge is -2.30. The van der Waals surface area contributed by atoms with Gasteiger partial charge in [0.25, 0.3) is 0 Å².